The smallest absolute Gasteiger partial charge is 0.133 e. The van der Waals surface area contributed by atoms with Crippen molar-refractivity contribution in [2.45, 2.75) is 13.1 Å². The van der Waals surface area contributed by atoms with Crippen LogP contribution in [0.1, 0.15) is 5.69 Å². The Labute approximate surface area is 105 Å². The van der Waals surface area contributed by atoms with Crippen LogP contribution in [0.3, 0.4) is 0 Å². The van der Waals surface area contributed by atoms with Gasteiger partial charge in [-0.15, -0.1) is 0 Å². The predicted octanol–water partition coefficient (Wildman–Crippen LogP) is 1.24. The van der Waals surface area contributed by atoms with Gasteiger partial charge >= 0.3 is 0 Å². The molecule has 0 amide bonds. The third-order valence-electron chi connectivity index (χ3n) is 2.44. The molecule has 2 rings (SSSR count). The van der Waals surface area contributed by atoms with E-state index in [4.69, 9.17) is 9.84 Å². The highest BCUT2D eigenvalue weighted by Crippen LogP contribution is 2.09. The maximum atomic E-state index is 9.12. The molecule has 18 heavy (non-hydrogen) atoms. The van der Waals surface area contributed by atoms with Crippen molar-refractivity contribution >= 4 is 5.69 Å². The van der Waals surface area contributed by atoms with Crippen molar-refractivity contribution in [3.8, 4) is 5.75 Å². The highest BCUT2D eigenvalue weighted by atomic mass is 16.5. The van der Waals surface area contributed by atoms with Crippen LogP contribution in [0.2, 0.25) is 0 Å². The number of hydrogen-bond acceptors (Lipinski definition) is 5. The van der Waals surface area contributed by atoms with Gasteiger partial charge in [0.25, 0.3) is 0 Å². The van der Waals surface area contributed by atoms with Gasteiger partial charge in [0.05, 0.1) is 43.5 Å². The van der Waals surface area contributed by atoms with Crippen LogP contribution in [-0.2, 0) is 17.8 Å². The molecule has 96 valence electrons. The van der Waals surface area contributed by atoms with E-state index in [1.165, 1.54) is 6.20 Å². The SMILES string of the molecule is COCCn1cc(NCc2ccc(O)cn2)cn1. The third-order valence-corrected chi connectivity index (χ3v) is 2.44. The van der Waals surface area contributed by atoms with Gasteiger partial charge in [-0.05, 0) is 12.1 Å². The number of anilines is 1. The van der Waals surface area contributed by atoms with Crippen LogP contribution in [0, 0.1) is 0 Å². The molecule has 2 N–H and O–H groups in total. The molecule has 0 saturated heterocycles. The number of aromatic hydroxyl groups is 1. The minimum Gasteiger partial charge on any atom is -0.506 e. The number of rotatable bonds is 6. The molecule has 2 aromatic heterocycles. The lowest BCUT2D eigenvalue weighted by Gasteiger charge is -2.03. The molecule has 0 saturated carbocycles. The molecule has 2 heterocycles. The van der Waals surface area contributed by atoms with Crippen molar-refractivity contribution in [3.63, 3.8) is 0 Å². The minimum atomic E-state index is 0.172. The van der Waals surface area contributed by atoms with E-state index < -0.39 is 0 Å². The van der Waals surface area contributed by atoms with E-state index in [-0.39, 0.29) is 5.75 Å². The number of aromatic nitrogens is 3. The Bertz CT molecular complexity index is 481. The maximum Gasteiger partial charge on any atom is 0.133 e. The summed E-state index contributed by atoms with van der Waals surface area (Å²) in [5.41, 5.74) is 1.79. The zero-order valence-corrected chi connectivity index (χ0v) is 10.2. The quantitative estimate of drug-likeness (QED) is 0.804. The second-order valence-corrected chi connectivity index (χ2v) is 3.85. The number of nitrogens with zero attached hydrogens (tertiary/aromatic N) is 3. The molecule has 2 aromatic rings. The average molecular weight is 248 g/mol. The summed E-state index contributed by atoms with van der Waals surface area (Å²) in [4.78, 5) is 4.09. The van der Waals surface area contributed by atoms with Crippen LogP contribution in [0.5, 0.6) is 5.75 Å². The summed E-state index contributed by atoms with van der Waals surface area (Å²) < 4.78 is 6.80. The first kappa shape index (κ1) is 12.4. The van der Waals surface area contributed by atoms with Gasteiger partial charge in [0, 0.05) is 13.3 Å². The van der Waals surface area contributed by atoms with E-state index in [2.05, 4.69) is 15.4 Å². The number of pyridine rings is 1. The molecule has 0 unspecified atom stereocenters. The monoisotopic (exact) mass is 248 g/mol. The van der Waals surface area contributed by atoms with Gasteiger partial charge < -0.3 is 15.2 Å². The van der Waals surface area contributed by atoms with E-state index in [0.29, 0.717) is 13.2 Å². The zero-order chi connectivity index (χ0) is 12.8. The highest BCUT2D eigenvalue weighted by molar-refractivity contribution is 5.38. The molecule has 0 radical (unpaired) electrons. The summed E-state index contributed by atoms with van der Waals surface area (Å²) in [5.74, 6) is 0.172. The lowest BCUT2D eigenvalue weighted by atomic mass is 10.3. The molecule has 0 bridgehead atoms. The molecule has 0 aliphatic carbocycles. The summed E-state index contributed by atoms with van der Waals surface area (Å²) in [5, 5.41) is 16.5. The molecule has 0 aliphatic rings. The second kappa shape index (κ2) is 6.02. The first-order valence-electron chi connectivity index (χ1n) is 5.67. The van der Waals surface area contributed by atoms with Crippen molar-refractivity contribution < 1.29 is 9.84 Å². The number of hydrogen-bond donors (Lipinski definition) is 2. The third kappa shape index (κ3) is 3.46. The van der Waals surface area contributed by atoms with E-state index >= 15 is 0 Å². The normalized spacial score (nSPS) is 10.5. The van der Waals surface area contributed by atoms with Crippen LogP contribution in [0.15, 0.2) is 30.7 Å². The predicted molar refractivity (Wildman–Crippen MR) is 67.3 cm³/mol. The topological polar surface area (TPSA) is 72.2 Å². The van der Waals surface area contributed by atoms with Crippen LogP contribution < -0.4 is 5.32 Å². The van der Waals surface area contributed by atoms with Crippen molar-refractivity contribution in [3.05, 3.63) is 36.4 Å². The van der Waals surface area contributed by atoms with Gasteiger partial charge in [-0.1, -0.05) is 0 Å². The Hall–Kier alpha value is -2.08. The Morgan fingerprint density at radius 1 is 1.39 bits per heavy atom. The van der Waals surface area contributed by atoms with Gasteiger partial charge in [0.15, 0.2) is 0 Å². The fraction of sp³-hybridized carbons (Fsp3) is 0.333. The Balaban J connectivity index is 1.86. The molecule has 0 fully saturated rings. The molecule has 0 spiro atoms. The first-order chi connectivity index (χ1) is 8.78. The van der Waals surface area contributed by atoms with Gasteiger partial charge in [-0.25, -0.2) is 0 Å². The van der Waals surface area contributed by atoms with Gasteiger partial charge in [0.1, 0.15) is 5.75 Å². The Kier molecular flexibility index (Phi) is 4.14. The van der Waals surface area contributed by atoms with Crippen molar-refractivity contribution in [1.82, 2.24) is 14.8 Å². The molecule has 6 heteroatoms. The molecule has 6 nitrogen and oxygen atoms in total. The van der Waals surface area contributed by atoms with E-state index in [1.807, 2.05) is 10.9 Å². The van der Waals surface area contributed by atoms with Gasteiger partial charge in [0.2, 0.25) is 0 Å². The summed E-state index contributed by atoms with van der Waals surface area (Å²) >= 11 is 0. The second-order valence-electron chi connectivity index (χ2n) is 3.85. The fourth-order valence-corrected chi connectivity index (χ4v) is 1.48. The highest BCUT2D eigenvalue weighted by Gasteiger charge is 1.99. The van der Waals surface area contributed by atoms with Gasteiger partial charge in [-0.2, -0.15) is 5.10 Å². The number of nitrogens with one attached hydrogen (secondary N) is 1. The Morgan fingerprint density at radius 2 is 2.28 bits per heavy atom. The molecular formula is C12H16N4O2. The average Bonchev–Trinajstić information content (AvgIpc) is 2.84. The summed E-state index contributed by atoms with van der Waals surface area (Å²) in [6.45, 7) is 1.96. The Morgan fingerprint density at radius 3 is 3.00 bits per heavy atom. The van der Waals surface area contributed by atoms with Crippen molar-refractivity contribution in [2.24, 2.45) is 0 Å². The molecular weight excluding hydrogens is 232 g/mol. The minimum absolute atomic E-state index is 0.172. The largest absolute Gasteiger partial charge is 0.506 e. The summed E-state index contributed by atoms with van der Waals surface area (Å²) in [6, 6.07) is 3.39. The number of ether oxygens (including phenoxy) is 1. The number of methoxy groups -OCH3 is 1. The van der Waals surface area contributed by atoms with E-state index in [0.717, 1.165) is 17.9 Å². The van der Waals surface area contributed by atoms with Crippen LogP contribution in [-0.4, -0.2) is 33.6 Å². The molecule has 0 atom stereocenters. The fourth-order valence-electron chi connectivity index (χ4n) is 1.48. The van der Waals surface area contributed by atoms with E-state index in [9.17, 15) is 0 Å². The van der Waals surface area contributed by atoms with Crippen molar-refractivity contribution in [1.29, 1.82) is 0 Å². The zero-order valence-electron chi connectivity index (χ0n) is 10.2. The van der Waals surface area contributed by atoms with Crippen LogP contribution in [0.4, 0.5) is 5.69 Å². The lowest BCUT2D eigenvalue weighted by molar-refractivity contribution is 0.183. The van der Waals surface area contributed by atoms with Gasteiger partial charge in [-0.3, -0.25) is 9.67 Å². The maximum absolute atomic E-state index is 9.12. The first-order valence-corrected chi connectivity index (χ1v) is 5.67. The van der Waals surface area contributed by atoms with E-state index in [1.54, 1.807) is 25.4 Å². The van der Waals surface area contributed by atoms with Crippen LogP contribution >= 0.6 is 0 Å². The summed E-state index contributed by atoms with van der Waals surface area (Å²) in [7, 11) is 1.67. The van der Waals surface area contributed by atoms with Crippen LogP contribution in [0.25, 0.3) is 0 Å². The lowest BCUT2D eigenvalue weighted by Crippen LogP contribution is -2.04. The molecule has 0 aliphatic heterocycles. The standard InChI is InChI=1S/C12H16N4O2/c1-18-5-4-16-9-11(7-15-16)13-6-10-2-3-12(17)8-14-10/h2-3,7-9,13,17H,4-6H2,1H3. The summed E-state index contributed by atoms with van der Waals surface area (Å²) in [6.07, 6.45) is 5.11. The van der Waals surface area contributed by atoms with Crippen molar-refractivity contribution in [2.75, 3.05) is 19.0 Å². The molecule has 0 aromatic carbocycles.